The maximum atomic E-state index is 11.5. The Morgan fingerprint density at radius 1 is 1.29 bits per heavy atom. The number of aromatic nitrogens is 1. The molecule has 0 spiro atoms. The summed E-state index contributed by atoms with van der Waals surface area (Å²) in [6, 6.07) is 8.30. The van der Waals surface area contributed by atoms with Gasteiger partial charge in [0.15, 0.2) is 5.96 Å². The van der Waals surface area contributed by atoms with E-state index in [0.717, 1.165) is 56.4 Å². The molecule has 1 fully saturated rings. The number of primary amides is 1. The first kappa shape index (κ1) is 23.1. The second kappa shape index (κ2) is 10.6. The maximum absolute atomic E-state index is 11.5. The van der Waals surface area contributed by atoms with Crippen LogP contribution in [0.25, 0.3) is 0 Å². The quantitative estimate of drug-likeness (QED) is 0.432. The van der Waals surface area contributed by atoms with Crippen LogP contribution in [0.5, 0.6) is 0 Å². The van der Waals surface area contributed by atoms with E-state index in [2.05, 4.69) is 64.9 Å². The summed E-state index contributed by atoms with van der Waals surface area (Å²) in [6.45, 7) is 10.2. The fraction of sp³-hybridized carbons (Fsp3) is 0.522. The number of aliphatic imine (C=N–C) groups is 1. The Bertz CT molecular complexity index is 872. The standard InChI is InChI=1S/C23H34N6OS/c1-4-25-22(28-16-23(2,3)19-8-6-14-31-19)27-15-18-7-5-11-26-21(18)29-12-9-17(10-13-29)20(24)30/h5-8,11,14,17H,4,9-10,12-13,15-16H2,1-3H3,(H2,24,30)(H2,25,27,28). The van der Waals surface area contributed by atoms with E-state index in [0.29, 0.717) is 6.54 Å². The summed E-state index contributed by atoms with van der Waals surface area (Å²) >= 11 is 1.78. The zero-order valence-corrected chi connectivity index (χ0v) is 19.5. The molecule has 0 radical (unpaired) electrons. The molecular formula is C23H34N6OS. The monoisotopic (exact) mass is 442 g/mol. The van der Waals surface area contributed by atoms with Crippen molar-refractivity contribution in [2.24, 2.45) is 16.6 Å². The maximum Gasteiger partial charge on any atom is 0.220 e. The normalized spacial score (nSPS) is 15.7. The summed E-state index contributed by atoms with van der Waals surface area (Å²) in [5, 5.41) is 8.96. The molecule has 1 amide bonds. The first-order chi connectivity index (χ1) is 14.9. The highest BCUT2D eigenvalue weighted by Gasteiger charge is 2.25. The summed E-state index contributed by atoms with van der Waals surface area (Å²) in [5.74, 6) is 1.52. The molecular weight excluding hydrogens is 408 g/mol. The van der Waals surface area contributed by atoms with Crippen LogP contribution in [-0.2, 0) is 16.8 Å². The molecule has 0 bridgehead atoms. The average Bonchev–Trinajstić information content (AvgIpc) is 3.32. The van der Waals surface area contributed by atoms with Crippen LogP contribution in [0.1, 0.15) is 44.1 Å². The molecule has 1 saturated heterocycles. The molecule has 3 heterocycles. The molecule has 0 aromatic carbocycles. The van der Waals surface area contributed by atoms with Gasteiger partial charge in [-0.1, -0.05) is 26.0 Å². The lowest BCUT2D eigenvalue weighted by molar-refractivity contribution is -0.122. The third-order valence-corrected chi connectivity index (χ3v) is 6.94. The number of anilines is 1. The van der Waals surface area contributed by atoms with Gasteiger partial charge in [-0.25, -0.2) is 9.98 Å². The van der Waals surface area contributed by atoms with Crippen LogP contribution in [0.15, 0.2) is 40.8 Å². The predicted octanol–water partition coefficient (Wildman–Crippen LogP) is 2.88. The van der Waals surface area contributed by atoms with Crippen molar-refractivity contribution >= 4 is 29.0 Å². The molecule has 0 saturated carbocycles. The van der Waals surface area contributed by atoms with E-state index >= 15 is 0 Å². The van der Waals surface area contributed by atoms with Crippen molar-refractivity contribution in [3.05, 3.63) is 46.3 Å². The Morgan fingerprint density at radius 3 is 2.71 bits per heavy atom. The van der Waals surface area contributed by atoms with Crippen LogP contribution >= 0.6 is 11.3 Å². The Morgan fingerprint density at radius 2 is 2.06 bits per heavy atom. The number of nitrogens with zero attached hydrogens (tertiary/aromatic N) is 3. The van der Waals surface area contributed by atoms with Crippen molar-refractivity contribution in [2.45, 2.75) is 45.6 Å². The zero-order valence-electron chi connectivity index (χ0n) is 18.7. The molecule has 7 nitrogen and oxygen atoms in total. The minimum Gasteiger partial charge on any atom is -0.369 e. The van der Waals surface area contributed by atoms with Gasteiger partial charge in [-0.3, -0.25) is 4.79 Å². The second-order valence-electron chi connectivity index (χ2n) is 8.56. The highest BCUT2D eigenvalue weighted by atomic mass is 32.1. The van der Waals surface area contributed by atoms with E-state index < -0.39 is 0 Å². The van der Waals surface area contributed by atoms with Gasteiger partial charge >= 0.3 is 0 Å². The minimum atomic E-state index is -0.197. The molecule has 4 N–H and O–H groups in total. The van der Waals surface area contributed by atoms with Crippen LogP contribution in [0.3, 0.4) is 0 Å². The van der Waals surface area contributed by atoms with E-state index in [9.17, 15) is 4.79 Å². The van der Waals surface area contributed by atoms with Crippen molar-refractivity contribution < 1.29 is 4.79 Å². The molecule has 1 aliphatic rings. The number of hydrogen-bond acceptors (Lipinski definition) is 5. The molecule has 0 atom stereocenters. The van der Waals surface area contributed by atoms with Gasteiger partial charge in [0, 0.05) is 54.1 Å². The Kier molecular flexibility index (Phi) is 7.90. The largest absolute Gasteiger partial charge is 0.369 e. The van der Waals surface area contributed by atoms with Crippen molar-refractivity contribution in [3.63, 3.8) is 0 Å². The van der Waals surface area contributed by atoms with E-state index in [1.807, 2.05) is 12.3 Å². The van der Waals surface area contributed by atoms with Gasteiger partial charge < -0.3 is 21.3 Å². The van der Waals surface area contributed by atoms with E-state index in [1.54, 1.807) is 11.3 Å². The molecule has 31 heavy (non-hydrogen) atoms. The number of nitrogens with one attached hydrogen (secondary N) is 2. The first-order valence-electron chi connectivity index (χ1n) is 10.9. The van der Waals surface area contributed by atoms with Crippen LogP contribution in [0, 0.1) is 5.92 Å². The molecule has 2 aromatic heterocycles. The molecule has 168 valence electrons. The van der Waals surface area contributed by atoms with E-state index in [-0.39, 0.29) is 17.2 Å². The van der Waals surface area contributed by atoms with Crippen molar-refractivity contribution in [2.75, 3.05) is 31.1 Å². The fourth-order valence-electron chi connectivity index (χ4n) is 3.78. The summed E-state index contributed by atoms with van der Waals surface area (Å²) in [5.41, 5.74) is 6.58. The molecule has 3 rings (SSSR count). The number of carbonyl (C=O) groups excluding carboxylic acids is 1. The smallest absolute Gasteiger partial charge is 0.220 e. The van der Waals surface area contributed by atoms with Gasteiger partial charge in [-0.05, 0) is 37.3 Å². The average molecular weight is 443 g/mol. The van der Waals surface area contributed by atoms with Crippen molar-refractivity contribution in [1.29, 1.82) is 0 Å². The van der Waals surface area contributed by atoms with Gasteiger partial charge in [-0.15, -0.1) is 11.3 Å². The summed E-state index contributed by atoms with van der Waals surface area (Å²) < 4.78 is 0. The van der Waals surface area contributed by atoms with E-state index in [1.165, 1.54) is 4.88 Å². The molecule has 0 aliphatic carbocycles. The third-order valence-electron chi connectivity index (χ3n) is 5.70. The van der Waals surface area contributed by atoms with Crippen LogP contribution < -0.4 is 21.3 Å². The number of amides is 1. The molecule has 8 heteroatoms. The highest BCUT2D eigenvalue weighted by Crippen LogP contribution is 2.27. The topological polar surface area (TPSA) is 95.6 Å². The number of thiophene rings is 1. The first-order valence-corrected chi connectivity index (χ1v) is 11.8. The summed E-state index contributed by atoms with van der Waals surface area (Å²) in [7, 11) is 0. The Balaban J connectivity index is 1.66. The number of carbonyl (C=O) groups is 1. The van der Waals surface area contributed by atoms with Gasteiger partial charge in [0.25, 0.3) is 0 Å². The number of rotatable bonds is 8. The van der Waals surface area contributed by atoms with Crippen molar-refractivity contribution in [1.82, 2.24) is 15.6 Å². The molecule has 2 aromatic rings. The predicted molar refractivity (Wildman–Crippen MR) is 129 cm³/mol. The highest BCUT2D eigenvalue weighted by molar-refractivity contribution is 7.10. The van der Waals surface area contributed by atoms with Crippen LogP contribution in [-0.4, -0.2) is 43.0 Å². The Hall–Kier alpha value is -2.61. The minimum absolute atomic E-state index is 0.0224. The summed E-state index contributed by atoms with van der Waals surface area (Å²) in [4.78, 5) is 24.5. The lowest BCUT2D eigenvalue weighted by Crippen LogP contribution is -2.43. The zero-order chi connectivity index (χ0) is 22.3. The number of guanidine groups is 1. The van der Waals surface area contributed by atoms with Crippen LogP contribution in [0.4, 0.5) is 5.82 Å². The number of nitrogens with two attached hydrogens (primary N) is 1. The molecule has 0 unspecified atom stereocenters. The summed E-state index contributed by atoms with van der Waals surface area (Å²) in [6.07, 6.45) is 3.36. The second-order valence-corrected chi connectivity index (χ2v) is 9.51. The van der Waals surface area contributed by atoms with Crippen molar-refractivity contribution in [3.8, 4) is 0 Å². The number of pyridine rings is 1. The third kappa shape index (κ3) is 6.19. The SMILES string of the molecule is CCNC(=NCc1cccnc1N1CCC(C(N)=O)CC1)NCC(C)(C)c1cccs1. The molecule has 1 aliphatic heterocycles. The number of piperidine rings is 1. The Labute approximate surface area is 189 Å². The van der Waals surface area contributed by atoms with Crippen LogP contribution in [0.2, 0.25) is 0 Å². The van der Waals surface area contributed by atoms with Gasteiger partial charge in [-0.2, -0.15) is 0 Å². The fourth-order valence-corrected chi connectivity index (χ4v) is 4.63. The lowest BCUT2D eigenvalue weighted by atomic mass is 9.91. The van der Waals surface area contributed by atoms with Gasteiger partial charge in [0.1, 0.15) is 5.82 Å². The lowest BCUT2D eigenvalue weighted by Gasteiger charge is -2.32. The number of hydrogen-bond donors (Lipinski definition) is 3. The van der Waals surface area contributed by atoms with Gasteiger partial charge in [0.2, 0.25) is 5.91 Å². The van der Waals surface area contributed by atoms with E-state index in [4.69, 9.17) is 10.7 Å². The van der Waals surface area contributed by atoms with Gasteiger partial charge in [0.05, 0.1) is 6.54 Å².